The Labute approximate surface area is 174 Å². The molecule has 1 atom stereocenters. The van der Waals surface area contributed by atoms with Gasteiger partial charge < -0.3 is 24.3 Å². The molecule has 0 aliphatic carbocycles. The predicted octanol–water partition coefficient (Wildman–Crippen LogP) is 5.13. The van der Waals surface area contributed by atoms with Crippen molar-refractivity contribution in [2.45, 2.75) is 45.6 Å². The molecule has 0 saturated heterocycles. The lowest BCUT2D eigenvalue weighted by molar-refractivity contribution is 0.174. The van der Waals surface area contributed by atoms with Crippen LogP contribution in [-0.2, 0) is 6.54 Å². The van der Waals surface area contributed by atoms with Crippen LogP contribution in [0.1, 0.15) is 50.2 Å². The van der Waals surface area contributed by atoms with Crippen molar-refractivity contribution in [1.29, 1.82) is 0 Å². The quantitative estimate of drug-likeness (QED) is 0.531. The van der Waals surface area contributed by atoms with Crippen molar-refractivity contribution in [3.05, 3.63) is 47.5 Å². The third-order valence-corrected chi connectivity index (χ3v) is 5.41. The minimum absolute atomic E-state index is 0.322. The zero-order valence-electron chi connectivity index (χ0n) is 18.0. The molecule has 2 aromatic rings. The monoisotopic (exact) mass is 399 g/mol. The molecule has 0 amide bonds. The molecule has 0 fully saturated rings. The summed E-state index contributed by atoms with van der Waals surface area (Å²) in [7, 11) is 3.32. The lowest BCUT2D eigenvalue weighted by atomic mass is 9.88. The molecule has 1 aliphatic heterocycles. The summed E-state index contributed by atoms with van der Waals surface area (Å²) < 4.78 is 21.7. The summed E-state index contributed by atoms with van der Waals surface area (Å²) in [4.78, 5) is 0. The average molecular weight is 400 g/mol. The Balaban J connectivity index is 1.57. The van der Waals surface area contributed by atoms with Gasteiger partial charge in [-0.25, -0.2) is 0 Å². The lowest BCUT2D eigenvalue weighted by Gasteiger charge is -2.19. The number of nitrogens with one attached hydrogen (secondary N) is 1. The first-order valence-electron chi connectivity index (χ1n) is 10.4. The van der Waals surface area contributed by atoms with E-state index in [0.717, 1.165) is 42.5 Å². The van der Waals surface area contributed by atoms with E-state index in [-0.39, 0.29) is 0 Å². The van der Waals surface area contributed by atoms with Gasteiger partial charge in [0, 0.05) is 6.54 Å². The molecule has 5 nitrogen and oxygen atoms in total. The summed E-state index contributed by atoms with van der Waals surface area (Å²) in [6, 6.07) is 12.4. The van der Waals surface area contributed by atoms with Crippen LogP contribution in [0, 0.1) is 5.92 Å². The van der Waals surface area contributed by atoms with Gasteiger partial charge in [0.2, 0.25) is 6.79 Å². The van der Waals surface area contributed by atoms with Crippen LogP contribution in [-0.4, -0.2) is 27.6 Å². The van der Waals surface area contributed by atoms with E-state index in [4.69, 9.17) is 18.9 Å². The third-order valence-electron chi connectivity index (χ3n) is 5.41. The number of methoxy groups -OCH3 is 2. The van der Waals surface area contributed by atoms with E-state index in [1.54, 1.807) is 14.2 Å². The van der Waals surface area contributed by atoms with Gasteiger partial charge in [-0.1, -0.05) is 32.4 Å². The van der Waals surface area contributed by atoms with E-state index >= 15 is 0 Å². The fourth-order valence-corrected chi connectivity index (χ4v) is 3.68. The summed E-state index contributed by atoms with van der Waals surface area (Å²) in [5.74, 6) is 4.45. The smallest absolute Gasteiger partial charge is 0.231 e. The Morgan fingerprint density at radius 3 is 2.45 bits per heavy atom. The zero-order chi connectivity index (χ0) is 20.6. The second-order valence-corrected chi connectivity index (χ2v) is 7.94. The maximum Gasteiger partial charge on any atom is 0.231 e. The fraction of sp³-hybridized carbons (Fsp3) is 0.500. The normalized spacial score (nSPS) is 13.6. The topological polar surface area (TPSA) is 49.0 Å². The summed E-state index contributed by atoms with van der Waals surface area (Å²) in [6.07, 6.45) is 3.48. The molecule has 1 N–H and O–H groups in total. The largest absolute Gasteiger partial charge is 0.493 e. The number of hydrogen-bond acceptors (Lipinski definition) is 5. The lowest BCUT2D eigenvalue weighted by Crippen LogP contribution is -2.17. The molecular formula is C24H33NO4. The van der Waals surface area contributed by atoms with Gasteiger partial charge in [0.15, 0.2) is 23.0 Å². The second-order valence-electron chi connectivity index (χ2n) is 7.94. The molecule has 0 spiro atoms. The maximum absolute atomic E-state index is 5.58. The van der Waals surface area contributed by atoms with Crippen molar-refractivity contribution in [1.82, 2.24) is 5.32 Å². The standard InChI is InChI=1S/C24H33NO4/c1-17(2)5-7-19(20-8-10-22-24(14-20)29-16-28-22)11-12-25-15-18-6-9-21(26-3)23(13-18)27-4/h6,8-10,13-14,17,19,25H,5,7,11-12,15-16H2,1-4H3/t19-/m1/s1. The molecule has 0 unspecified atom stereocenters. The van der Waals surface area contributed by atoms with Gasteiger partial charge in [0.05, 0.1) is 14.2 Å². The van der Waals surface area contributed by atoms with Crippen LogP contribution in [0.15, 0.2) is 36.4 Å². The van der Waals surface area contributed by atoms with Gasteiger partial charge >= 0.3 is 0 Å². The molecule has 158 valence electrons. The van der Waals surface area contributed by atoms with Crippen LogP contribution in [0.5, 0.6) is 23.0 Å². The number of fused-ring (bicyclic) bond motifs is 1. The first-order valence-corrected chi connectivity index (χ1v) is 10.4. The highest BCUT2D eigenvalue weighted by molar-refractivity contribution is 5.45. The Morgan fingerprint density at radius 2 is 1.69 bits per heavy atom. The highest BCUT2D eigenvalue weighted by Gasteiger charge is 2.18. The van der Waals surface area contributed by atoms with Gasteiger partial charge in [-0.2, -0.15) is 0 Å². The molecule has 0 aromatic heterocycles. The van der Waals surface area contributed by atoms with Crippen LogP contribution < -0.4 is 24.3 Å². The molecular weight excluding hydrogens is 366 g/mol. The average Bonchev–Trinajstić information content (AvgIpc) is 3.20. The van der Waals surface area contributed by atoms with Crippen molar-refractivity contribution in [2.75, 3.05) is 27.6 Å². The molecule has 3 rings (SSSR count). The van der Waals surface area contributed by atoms with Crippen LogP contribution in [0.25, 0.3) is 0 Å². The van der Waals surface area contributed by atoms with Crippen molar-refractivity contribution >= 4 is 0 Å². The van der Waals surface area contributed by atoms with Crippen LogP contribution in [0.3, 0.4) is 0 Å². The van der Waals surface area contributed by atoms with E-state index < -0.39 is 0 Å². The van der Waals surface area contributed by atoms with Crippen molar-refractivity contribution in [3.8, 4) is 23.0 Å². The SMILES string of the molecule is COc1ccc(CNCC[C@@H](CCC(C)C)c2ccc3c(c2)OCO3)cc1OC. The number of rotatable bonds is 11. The predicted molar refractivity (Wildman–Crippen MR) is 115 cm³/mol. The summed E-state index contributed by atoms with van der Waals surface area (Å²) in [5.41, 5.74) is 2.52. The summed E-state index contributed by atoms with van der Waals surface area (Å²) >= 11 is 0. The Hall–Kier alpha value is -2.40. The molecule has 1 heterocycles. The van der Waals surface area contributed by atoms with Crippen molar-refractivity contribution in [2.24, 2.45) is 5.92 Å². The molecule has 1 aliphatic rings. The molecule has 0 radical (unpaired) electrons. The number of ether oxygens (including phenoxy) is 4. The third kappa shape index (κ3) is 5.80. The van der Waals surface area contributed by atoms with Gasteiger partial charge in [-0.05, 0) is 66.6 Å². The molecule has 5 heteroatoms. The number of hydrogen-bond donors (Lipinski definition) is 1. The van der Waals surface area contributed by atoms with Crippen LogP contribution >= 0.6 is 0 Å². The fourth-order valence-electron chi connectivity index (χ4n) is 3.68. The Kier molecular flexibility index (Phi) is 7.64. The van der Waals surface area contributed by atoms with E-state index in [1.807, 2.05) is 18.2 Å². The van der Waals surface area contributed by atoms with E-state index in [2.05, 4.69) is 37.4 Å². The molecule has 2 aromatic carbocycles. The first kappa shape index (κ1) is 21.3. The van der Waals surface area contributed by atoms with Crippen LogP contribution in [0.4, 0.5) is 0 Å². The minimum Gasteiger partial charge on any atom is -0.493 e. The summed E-state index contributed by atoms with van der Waals surface area (Å²) in [6.45, 7) is 6.64. The number of benzene rings is 2. The van der Waals surface area contributed by atoms with Gasteiger partial charge in [-0.3, -0.25) is 0 Å². The van der Waals surface area contributed by atoms with Gasteiger partial charge in [0.25, 0.3) is 0 Å². The second kappa shape index (κ2) is 10.4. The van der Waals surface area contributed by atoms with Crippen LogP contribution in [0.2, 0.25) is 0 Å². The van der Waals surface area contributed by atoms with Crippen molar-refractivity contribution in [3.63, 3.8) is 0 Å². The van der Waals surface area contributed by atoms with Crippen molar-refractivity contribution < 1.29 is 18.9 Å². The Morgan fingerprint density at radius 1 is 0.897 bits per heavy atom. The van der Waals surface area contributed by atoms with E-state index in [1.165, 1.54) is 24.0 Å². The van der Waals surface area contributed by atoms with E-state index in [9.17, 15) is 0 Å². The minimum atomic E-state index is 0.322. The zero-order valence-corrected chi connectivity index (χ0v) is 18.0. The van der Waals surface area contributed by atoms with Gasteiger partial charge in [0.1, 0.15) is 0 Å². The Bertz CT molecular complexity index is 790. The molecule has 29 heavy (non-hydrogen) atoms. The molecule has 0 bridgehead atoms. The maximum atomic E-state index is 5.58. The summed E-state index contributed by atoms with van der Waals surface area (Å²) in [5, 5.41) is 3.58. The first-order chi connectivity index (χ1) is 14.1. The highest BCUT2D eigenvalue weighted by Crippen LogP contribution is 2.37. The van der Waals surface area contributed by atoms with Gasteiger partial charge in [-0.15, -0.1) is 0 Å². The van der Waals surface area contributed by atoms with E-state index in [0.29, 0.717) is 18.6 Å². The highest BCUT2D eigenvalue weighted by atomic mass is 16.7. The molecule has 0 saturated carbocycles.